The average Bonchev–Trinajstić information content (AvgIpc) is 3.08. The molecular formula is C17H14ClN5O4. The van der Waals surface area contributed by atoms with Gasteiger partial charge in [-0.05, 0) is 25.1 Å². The van der Waals surface area contributed by atoms with Gasteiger partial charge in [0.1, 0.15) is 5.76 Å². The Bertz CT molecular complexity index is 987. The minimum atomic E-state index is -0.538. The quantitative estimate of drug-likeness (QED) is 0.640. The third-order valence-electron chi connectivity index (χ3n) is 3.42. The van der Waals surface area contributed by atoms with E-state index in [1.165, 1.54) is 37.7 Å². The van der Waals surface area contributed by atoms with Gasteiger partial charge in [0.05, 0.1) is 28.9 Å². The number of methoxy groups -OCH3 is 1. The number of esters is 1. The number of nitrogens with one attached hydrogen (secondary N) is 2. The lowest BCUT2D eigenvalue weighted by Crippen LogP contribution is -2.14. The normalized spacial score (nSPS) is 10.3. The third kappa shape index (κ3) is 4.39. The van der Waals surface area contributed by atoms with Crippen LogP contribution in [-0.4, -0.2) is 34.1 Å². The van der Waals surface area contributed by atoms with Gasteiger partial charge in [0.2, 0.25) is 5.95 Å². The fourth-order valence-electron chi connectivity index (χ4n) is 2.11. The van der Waals surface area contributed by atoms with E-state index < -0.39 is 11.9 Å². The van der Waals surface area contributed by atoms with Crippen molar-refractivity contribution in [3.63, 3.8) is 0 Å². The lowest BCUT2D eigenvalue weighted by molar-refractivity contribution is 0.0600. The van der Waals surface area contributed by atoms with Crippen LogP contribution in [0.15, 0.2) is 41.2 Å². The van der Waals surface area contributed by atoms with Gasteiger partial charge >= 0.3 is 5.97 Å². The fraction of sp³-hybridized carbons (Fsp3) is 0.118. The van der Waals surface area contributed by atoms with Gasteiger partial charge in [-0.1, -0.05) is 16.8 Å². The topological polar surface area (TPSA) is 119 Å². The Morgan fingerprint density at radius 1 is 1.15 bits per heavy atom. The van der Waals surface area contributed by atoms with E-state index in [-0.39, 0.29) is 27.8 Å². The second kappa shape index (κ2) is 7.83. The van der Waals surface area contributed by atoms with Gasteiger partial charge in [-0.15, -0.1) is 0 Å². The number of benzene rings is 1. The minimum absolute atomic E-state index is 0.205. The number of aryl methyl sites for hydroxylation is 1. The maximum Gasteiger partial charge on any atom is 0.337 e. The molecule has 0 spiro atoms. The van der Waals surface area contributed by atoms with Crippen molar-refractivity contribution in [3.8, 4) is 0 Å². The van der Waals surface area contributed by atoms with E-state index >= 15 is 0 Å². The van der Waals surface area contributed by atoms with Gasteiger partial charge < -0.3 is 19.9 Å². The largest absolute Gasteiger partial charge is 0.465 e. The SMILES string of the molecule is COC(=O)c1ccc(Cl)c(NC(=O)c2cnc(Nc3cc(C)on3)nc2)c1. The first-order chi connectivity index (χ1) is 13.0. The lowest BCUT2D eigenvalue weighted by Gasteiger charge is -2.09. The summed E-state index contributed by atoms with van der Waals surface area (Å²) in [7, 11) is 1.27. The van der Waals surface area contributed by atoms with Crippen molar-refractivity contribution in [1.82, 2.24) is 15.1 Å². The van der Waals surface area contributed by atoms with Crippen molar-refractivity contribution < 1.29 is 18.8 Å². The van der Waals surface area contributed by atoms with E-state index in [1.54, 1.807) is 13.0 Å². The standard InChI is InChI=1S/C17H14ClN5O4/c1-9-5-14(23-27-9)22-17-19-7-11(8-20-17)15(24)21-13-6-10(16(25)26-2)3-4-12(13)18/h3-8H,1-2H3,(H,21,24)(H,19,20,22,23). The van der Waals surface area contributed by atoms with Crippen LogP contribution >= 0.6 is 11.6 Å². The molecule has 27 heavy (non-hydrogen) atoms. The second-order valence-corrected chi connectivity index (χ2v) is 5.79. The van der Waals surface area contributed by atoms with Crippen LogP contribution in [0.3, 0.4) is 0 Å². The Morgan fingerprint density at radius 3 is 2.52 bits per heavy atom. The highest BCUT2D eigenvalue weighted by molar-refractivity contribution is 6.34. The monoisotopic (exact) mass is 387 g/mol. The summed E-state index contributed by atoms with van der Waals surface area (Å²) in [5.74, 6) is 0.327. The first-order valence-corrected chi connectivity index (χ1v) is 8.05. The maximum atomic E-state index is 12.4. The number of ether oxygens (including phenoxy) is 1. The molecule has 0 aliphatic rings. The Balaban J connectivity index is 1.72. The fourth-order valence-corrected chi connectivity index (χ4v) is 2.27. The van der Waals surface area contributed by atoms with Gasteiger partial charge in [0.25, 0.3) is 5.91 Å². The molecule has 3 rings (SSSR count). The zero-order valence-corrected chi connectivity index (χ0v) is 15.1. The molecule has 1 amide bonds. The predicted octanol–water partition coefficient (Wildman–Crippen LogP) is 3.21. The van der Waals surface area contributed by atoms with Gasteiger partial charge in [-0.2, -0.15) is 0 Å². The molecule has 10 heteroatoms. The second-order valence-electron chi connectivity index (χ2n) is 5.38. The molecule has 2 N–H and O–H groups in total. The predicted molar refractivity (Wildman–Crippen MR) is 97.3 cm³/mol. The number of rotatable bonds is 5. The van der Waals surface area contributed by atoms with Crippen molar-refractivity contribution >= 4 is 40.9 Å². The molecule has 0 aliphatic carbocycles. The molecule has 0 unspecified atom stereocenters. The molecule has 0 radical (unpaired) electrons. The smallest absolute Gasteiger partial charge is 0.337 e. The van der Waals surface area contributed by atoms with Crippen LogP contribution in [0.2, 0.25) is 5.02 Å². The summed E-state index contributed by atoms with van der Waals surface area (Å²) in [4.78, 5) is 32.1. The van der Waals surface area contributed by atoms with E-state index in [4.69, 9.17) is 16.1 Å². The molecule has 1 aromatic carbocycles. The highest BCUT2D eigenvalue weighted by Gasteiger charge is 2.13. The zero-order chi connectivity index (χ0) is 19.4. The van der Waals surface area contributed by atoms with Crippen molar-refractivity contribution in [2.75, 3.05) is 17.7 Å². The molecule has 2 heterocycles. The highest BCUT2D eigenvalue weighted by Crippen LogP contribution is 2.24. The summed E-state index contributed by atoms with van der Waals surface area (Å²) in [6.07, 6.45) is 2.69. The molecule has 0 atom stereocenters. The molecular weight excluding hydrogens is 374 g/mol. The zero-order valence-electron chi connectivity index (χ0n) is 14.3. The van der Waals surface area contributed by atoms with Crippen LogP contribution in [0, 0.1) is 6.92 Å². The molecule has 0 aliphatic heterocycles. The van der Waals surface area contributed by atoms with Crippen LogP contribution in [0.5, 0.6) is 0 Å². The molecule has 0 saturated heterocycles. The lowest BCUT2D eigenvalue weighted by atomic mass is 10.2. The Kier molecular flexibility index (Phi) is 5.32. The maximum absolute atomic E-state index is 12.4. The van der Waals surface area contributed by atoms with Gasteiger partial charge in [0.15, 0.2) is 5.82 Å². The van der Waals surface area contributed by atoms with Crippen LogP contribution in [0.25, 0.3) is 0 Å². The molecule has 0 bridgehead atoms. The number of aromatic nitrogens is 3. The molecule has 0 fully saturated rings. The molecule has 3 aromatic rings. The number of hydrogen-bond acceptors (Lipinski definition) is 8. The molecule has 9 nitrogen and oxygen atoms in total. The number of carbonyl (C=O) groups is 2. The summed E-state index contributed by atoms with van der Waals surface area (Å²) >= 11 is 6.07. The summed E-state index contributed by atoms with van der Waals surface area (Å²) in [6.45, 7) is 1.76. The van der Waals surface area contributed by atoms with E-state index in [2.05, 4.69) is 30.5 Å². The van der Waals surface area contributed by atoms with Crippen molar-refractivity contribution in [2.24, 2.45) is 0 Å². The van der Waals surface area contributed by atoms with Crippen molar-refractivity contribution in [1.29, 1.82) is 0 Å². The van der Waals surface area contributed by atoms with Crippen molar-refractivity contribution in [3.05, 3.63) is 58.6 Å². The Hall–Kier alpha value is -3.46. The van der Waals surface area contributed by atoms with E-state index in [9.17, 15) is 9.59 Å². The Labute approximate surface area is 158 Å². The summed E-state index contributed by atoms with van der Waals surface area (Å²) in [6, 6.07) is 6.10. The van der Waals surface area contributed by atoms with Gasteiger partial charge in [0, 0.05) is 18.5 Å². The first-order valence-electron chi connectivity index (χ1n) is 7.68. The number of nitrogens with zero attached hydrogens (tertiary/aromatic N) is 3. The third-order valence-corrected chi connectivity index (χ3v) is 3.75. The number of hydrogen-bond donors (Lipinski definition) is 2. The van der Waals surface area contributed by atoms with Gasteiger partial charge in [-0.25, -0.2) is 14.8 Å². The van der Waals surface area contributed by atoms with E-state index in [1.807, 2.05) is 0 Å². The van der Waals surface area contributed by atoms with Crippen LogP contribution < -0.4 is 10.6 Å². The minimum Gasteiger partial charge on any atom is -0.465 e. The molecule has 2 aromatic heterocycles. The first kappa shape index (κ1) is 18.3. The van der Waals surface area contributed by atoms with Crippen LogP contribution in [0.1, 0.15) is 26.5 Å². The number of halogens is 1. The van der Waals surface area contributed by atoms with E-state index in [0.29, 0.717) is 11.6 Å². The summed E-state index contributed by atoms with van der Waals surface area (Å²) in [5.41, 5.74) is 0.733. The molecule has 138 valence electrons. The Morgan fingerprint density at radius 2 is 1.89 bits per heavy atom. The van der Waals surface area contributed by atoms with Crippen LogP contribution in [0.4, 0.5) is 17.5 Å². The summed E-state index contributed by atoms with van der Waals surface area (Å²) in [5, 5.41) is 9.50. The number of amides is 1. The molecule has 0 saturated carbocycles. The van der Waals surface area contributed by atoms with E-state index in [0.717, 1.165) is 0 Å². The summed E-state index contributed by atoms with van der Waals surface area (Å²) < 4.78 is 9.58. The van der Waals surface area contributed by atoms with Crippen molar-refractivity contribution in [2.45, 2.75) is 6.92 Å². The highest BCUT2D eigenvalue weighted by atomic mass is 35.5. The number of carbonyl (C=O) groups excluding carboxylic acids is 2. The average molecular weight is 388 g/mol. The number of anilines is 3. The van der Waals surface area contributed by atoms with Crippen LogP contribution in [-0.2, 0) is 4.74 Å². The van der Waals surface area contributed by atoms with Gasteiger partial charge in [-0.3, -0.25) is 4.79 Å².